The van der Waals surface area contributed by atoms with Crippen LogP contribution in [0.15, 0.2) is 54.1 Å². The van der Waals surface area contributed by atoms with Crippen molar-refractivity contribution < 1.29 is 24.0 Å². The number of amides is 1. The van der Waals surface area contributed by atoms with Crippen LogP contribution in [0.25, 0.3) is 17.2 Å². The molecule has 3 aromatic rings. The summed E-state index contributed by atoms with van der Waals surface area (Å²) in [6.45, 7) is 6.14. The van der Waals surface area contributed by atoms with Crippen molar-refractivity contribution in [1.29, 1.82) is 5.26 Å². The molecule has 0 aliphatic carbocycles. The lowest BCUT2D eigenvalue weighted by molar-refractivity contribution is -0.384. The number of rotatable bonds is 10. The Morgan fingerprint density at radius 3 is 2.38 bits per heavy atom. The van der Waals surface area contributed by atoms with Crippen molar-refractivity contribution in [3.63, 3.8) is 0 Å². The Morgan fingerprint density at radius 2 is 1.81 bits per heavy atom. The molecule has 2 aromatic carbocycles. The van der Waals surface area contributed by atoms with E-state index < -0.39 is 16.8 Å². The fourth-order valence-electron chi connectivity index (χ4n) is 3.49. The van der Waals surface area contributed by atoms with Gasteiger partial charge < -0.3 is 14.8 Å². The fourth-order valence-corrected chi connectivity index (χ4v) is 4.55. The lowest BCUT2D eigenvalue weighted by atomic mass is 10.0. The normalized spacial score (nSPS) is 10.9. The maximum absolute atomic E-state index is 13.0. The minimum absolute atomic E-state index is 0.0865. The zero-order chi connectivity index (χ0) is 26.9. The third-order valence-corrected chi connectivity index (χ3v) is 6.21. The van der Waals surface area contributed by atoms with Gasteiger partial charge in [0.15, 0.2) is 0 Å². The van der Waals surface area contributed by atoms with Gasteiger partial charge in [-0.05, 0) is 61.7 Å². The Balaban J connectivity index is 1.94. The first-order valence-electron chi connectivity index (χ1n) is 11.5. The molecule has 1 heterocycles. The highest BCUT2D eigenvalue weighted by Gasteiger charge is 2.26. The van der Waals surface area contributed by atoms with Crippen molar-refractivity contribution in [3.05, 3.63) is 80.2 Å². The molecule has 190 valence electrons. The van der Waals surface area contributed by atoms with Crippen LogP contribution in [-0.2, 0) is 9.53 Å². The van der Waals surface area contributed by atoms with Gasteiger partial charge in [-0.15, -0.1) is 11.3 Å². The quantitative estimate of drug-likeness (QED) is 0.112. The SMILES string of the molecule is CCCOc1ccc(C=C(C#N)C(=O)Nc2sc(C)c(-c3ccc([N+](=O)[O-])cc3)c2C(=O)OCC)cc1. The largest absolute Gasteiger partial charge is 0.494 e. The van der Waals surface area contributed by atoms with Gasteiger partial charge >= 0.3 is 5.97 Å². The first kappa shape index (κ1) is 27.1. The Morgan fingerprint density at radius 1 is 1.14 bits per heavy atom. The topological polar surface area (TPSA) is 132 Å². The van der Waals surface area contributed by atoms with E-state index in [9.17, 15) is 25.0 Å². The van der Waals surface area contributed by atoms with Crippen molar-refractivity contribution in [3.8, 4) is 22.9 Å². The molecule has 0 saturated heterocycles. The lowest BCUT2D eigenvalue weighted by Crippen LogP contribution is -2.16. The second kappa shape index (κ2) is 12.5. The molecule has 0 saturated carbocycles. The standard InChI is InChI=1S/C27H25N3O6S/c1-4-14-36-22-12-6-18(7-13-22)15-20(16-28)25(31)29-26-24(27(32)35-5-2)23(17(3)37-26)19-8-10-21(11-9-19)30(33)34/h6-13,15H,4-5,14H2,1-3H3,(H,29,31). The number of nitro groups is 1. The molecule has 0 aliphatic heterocycles. The van der Waals surface area contributed by atoms with Gasteiger partial charge in [0, 0.05) is 22.6 Å². The number of nitrogens with zero attached hydrogens (tertiary/aromatic N) is 2. The van der Waals surface area contributed by atoms with Crippen LogP contribution in [0.4, 0.5) is 10.7 Å². The van der Waals surface area contributed by atoms with Crippen molar-refractivity contribution in [1.82, 2.24) is 0 Å². The summed E-state index contributed by atoms with van der Waals surface area (Å²) in [5, 5.41) is 23.6. The minimum Gasteiger partial charge on any atom is -0.494 e. The third kappa shape index (κ3) is 6.59. The van der Waals surface area contributed by atoms with Crippen LogP contribution in [0.1, 0.15) is 41.1 Å². The summed E-state index contributed by atoms with van der Waals surface area (Å²) in [5.41, 5.74) is 1.58. The number of carbonyl (C=O) groups is 2. The van der Waals surface area contributed by atoms with E-state index in [4.69, 9.17) is 9.47 Å². The van der Waals surface area contributed by atoms with Gasteiger partial charge in [0.05, 0.1) is 18.1 Å². The predicted octanol–water partition coefficient (Wildman–Crippen LogP) is 6.14. The van der Waals surface area contributed by atoms with Crippen molar-refractivity contribution in [2.75, 3.05) is 18.5 Å². The molecule has 0 spiro atoms. The zero-order valence-electron chi connectivity index (χ0n) is 20.6. The van der Waals surface area contributed by atoms with E-state index >= 15 is 0 Å². The third-order valence-electron chi connectivity index (χ3n) is 5.19. The van der Waals surface area contributed by atoms with Crippen LogP contribution in [0, 0.1) is 28.4 Å². The number of anilines is 1. The van der Waals surface area contributed by atoms with E-state index in [1.54, 1.807) is 38.1 Å². The molecule has 37 heavy (non-hydrogen) atoms. The predicted molar refractivity (Wildman–Crippen MR) is 142 cm³/mol. The van der Waals surface area contributed by atoms with Crippen LogP contribution in [-0.4, -0.2) is 30.0 Å². The molecule has 0 radical (unpaired) electrons. The number of carbonyl (C=O) groups excluding carboxylic acids is 2. The molecule has 1 aromatic heterocycles. The summed E-state index contributed by atoms with van der Waals surface area (Å²) in [5.74, 6) is -0.648. The monoisotopic (exact) mass is 519 g/mol. The van der Waals surface area contributed by atoms with E-state index in [1.807, 2.05) is 13.0 Å². The molecule has 3 rings (SSSR count). The molecular formula is C27H25N3O6S. The average molecular weight is 520 g/mol. The number of hydrogen-bond acceptors (Lipinski definition) is 8. The van der Waals surface area contributed by atoms with E-state index in [0.717, 1.165) is 17.8 Å². The van der Waals surface area contributed by atoms with E-state index in [1.165, 1.54) is 30.3 Å². The Hall–Kier alpha value is -4.49. The van der Waals surface area contributed by atoms with Gasteiger partial charge in [-0.25, -0.2) is 4.79 Å². The zero-order valence-corrected chi connectivity index (χ0v) is 21.4. The van der Waals surface area contributed by atoms with Crippen LogP contribution in [0.5, 0.6) is 5.75 Å². The Labute approximate surface area is 218 Å². The van der Waals surface area contributed by atoms with Gasteiger partial charge in [0.25, 0.3) is 11.6 Å². The minimum atomic E-state index is -0.684. The highest BCUT2D eigenvalue weighted by Crippen LogP contribution is 2.41. The van der Waals surface area contributed by atoms with Crippen LogP contribution in [0.3, 0.4) is 0 Å². The van der Waals surface area contributed by atoms with E-state index in [-0.39, 0.29) is 28.4 Å². The molecule has 0 atom stereocenters. The molecule has 0 bridgehead atoms. The summed E-state index contributed by atoms with van der Waals surface area (Å²) in [4.78, 5) is 37.1. The lowest BCUT2D eigenvalue weighted by Gasteiger charge is -2.09. The molecule has 10 heteroatoms. The molecule has 1 N–H and O–H groups in total. The summed E-state index contributed by atoms with van der Waals surface area (Å²) < 4.78 is 10.8. The fraction of sp³-hybridized carbons (Fsp3) is 0.222. The maximum atomic E-state index is 13.0. The summed E-state index contributed by atoms with van der Waals surface area (Å²) in [6.07, 6.45) is 2.32. The van der Waals surface area contributed by atoms with E-state index in [2.05, 4.69) is 5.32 Å². The molecule has 9 nitrogen and oxygen atoms in total. The first-order valence-corrected chi connectivity index (χ1v) is 12.3. The molecular weight excluding hydrogens is 494 g/mol. The number of non-ortho nitro benzene ring substituents is 1. The maximum Gasteiger partial charge on any atom is 0.341 e. The number of esters is 1. The summed E-state index contributed by atoms with van der Waals surface area (Å²) >= 11 is 1.15. The van der Waals surface area contributed by atoms with Gasteiger partial charge in [-0.1, -0.05) is 19.1 Å². The van der Waals surface area contributed by atoms with Crippen LogP contribution >= 0.6 is 11.3 Å². The highest BCUT2D eigenvalue weighted by atomic mass is 32.1. The molecule has 0 aliphatic rings. The number of benzene rings is 2. The van der Waals surface area contributed by atoms with Crippen molar-refractivity contribution >= 4 is 40.0 Å². The first-order chi connectivity index (χ1) is 17.8. The van der Waals surface area contributed by atoms with E-state index in [0.29, 0.717) is 33.9 Å². The van der Waals surface area contributed by atoms with Gasteiger partial charge in [0.1, 0.15) is 28.0 Å². The number of nitriles is 1. The van der Waals surface area contributed by atoms with Crippen LogP contribution in [0.2, 0.25) is 0 Å². The van der Waals surface area contributed by atoms with Gasteiger partial charge in [0.2, 0.25) is 0 Å². The summed E-state index contributed by atoms with van der Waals surface area (Å²) in [6, 6.07) is 14.7. The number of nitro benzene ring substituents is 1. The molecule has 1 amide bonds. The second-order valence-electron chi connectivity index (χ2n) is 7.80. The number of ether oxygens (including phenoxy) is 2. The average Bonchev–Trinajstić information content (AvgIpc) is 3.22. The Kier molecular flexibility index (Phi) is 9.13. The smallest absolute Gasteiger partial charge is 0.341 e. The van der Waals surface area contributed by atoms with Crippen molar-refractivity contribution in [2.45, 2.75) is 27.2 Å². The summed E-state index contributed by atoms with van der Waals surface area (Å²) in [7, 11) is 0. The molecule has 0 fully saturated rings. The number of thiophene rings is 1. The highest BCUT2D eigenvalue weighted by molar-refractivity contribution is 7.17. The number of aryl methyl sites for hydroxylation is 1. The van der Waals surface area contributed by atoms with Crippen LogP contribution < -0.4 is 10.1 Å². The number of hydrogen-bond donors (Lipinski definition) is 1. The van der Waals surface area contributed by atoms with Gasteiger partial charge in [-0.2, -0.15) is 5.26 Å². The Bertz CT molecular complexity index is 1370. The molecule has 0 unspecified atom stereocenters. The second-order valence-corrected chi connectivity index (χ2v) is 9.03. The van der Waals surface area contributed by atoms with Gasteiger partial charge in [-0.3, -0.25) is 14.9 Å². The van der Waals surface area contributed by atoms with Crippen molar-refractivity contribution in [2.24, 2.45) is 0 Å². The number of nitrogens with one attached hydrogen (secondary N) is 1.